The zero-order valence-corrected chi connectivity index (χ0v) is 15.7. The van der Waals surface area contributed by atoms with Crippen LogP contribution in [0.1, 0.15) is 18.5 Å². The summed E-state index contributed by atoms with van der Waals surface area (Å²) in [7, 11) is 3.04. The largest absolute Gasteiger partial charge is 0.493 e. The van der Waals surface area contributed by atoms with E-state index in [9.17, 15) is 9.59 Å². The second-order valence-corrected chi connectivity index (χ2v) is 5.71. The van der Waals surface area contributed by atoms with Crippen LogP contribution in [0.3, 0.4) is 0 Å². The van der Waals surface area contributed by atoms with Gasteiger partial charge in [-0.05, 0) is 24.6 Å². The van der Waals surface area contributed by atoms with Crippen molar-refractivity contribution in [2.45, 2.75) is 13.0 Å². The molecule has 1 atom stereocenters. The van der Waals surface area contributed by atoms with E-state index in [2.05, 4.69) is 17.2 Å². The van der Waals surface area contributed by atoms with Crippen molar-refractivity contribution in [2.24, 2.45) is 0 Å². The summed E-state index contributed by atoms with van der Waals surface area (Å²) in [4.78, 5) is 24.5. The number of methoxy groups -OCH3 is 2. The number of allylic oxidation sites excluding steroid dienone is 1. The summed E-state index contributed by atoms with van der Waals surface area (Å²) in [5.41, 5.74) is 1.40. The van der Waals surface area contributed by atoms with Crippen molar-refractivity contribution in [1.29, 1.82) is 0 Å². The molecule has 2 amide bonds. The predicted octanol–water partition coefficient (Wildman–Crippen LogP) is 2.08. The molecule has 0 fully saturated rings. The van der Waals surface area contributed by atoms with Crippen LogP contribution in [-0.4, -0.2) is 46.0 Å². The number of rotatable bonds is 9. The monoisotopic (exact) mass is 376 g/mol. The Morgan fingerprint density at radius 2 is 2.04 bits per heavy atom. The number of carbonyl (C=O) groups is 2. The van der Waals surface area contributed by atoms with Gasteiger partial charge in [0.05, 0.1) is 25.3 Å². The summed E-state index contributed by atoms with van der Waals surface area (Å²) in [6, 6.07) is 4.10. The first-order valence-electron chi connectivity index (χ1n) is 8.37. The van der Waals surface area contributed by atoms with Gasteiger partial charge in [0.15, 0.2) is 11.5 Å². The second kappa shape index (κ2) is 9.63. The van der Waals surface area contributed by atoms with Gasteiger partial charge in [-0.15, -0.1) is 0 Å². The standard InChI is InChI=1S/C19H24N2O6/c1-5-8-26-14-7-6-13(11-15(14)25-4)17-16(12(2)20-19(23)21-17)18(22)27-10-9-24-3/h5-7,11,17H,1,8-10H2,2-4H3,(H2,20,21,23)/t17-/m0/s1. The average Bonchev–Trinajstić information content (AvgIpc) is 2.65. The number of nitrogens with one attached hydrogen (secondary N) is 2. The van der Waals surface area contributed by atoms with Crippen molar-refractivity contribution < 1.29 is 28.5 Å². The molecule has 0 saturated heterocycles. The zero-order chi connectivity index (χ0) is 19.8. The number of hydrogen-bond acceptors (Lipinski definition) is 6. The third kappa shape index (κ3) is 5.01. The Kier molecular flexibility index (Phi) is 7.25. The summed E-state index contributed by atoms with van der Waals surface area (Å²) in [5, 5.41) is 5.34. The predicted molar refractivity (Wildman–Crippen MR) is 98.6 cm³/mol. The molecule has 27 heavy (non-hydrogen) atoms. The van der Waals surface area contributed by atoms with E-state index in [1.807, 2.05) is 0 Å². The van der Waals surface area contributed by atoms with E-state index in [-0.39, 0.29) is 13.2 Å². The lowest BCUT2D eigenvalue weighted by Gasteiger charge is -2.28. The van der Waals surface area contributed by atoms with Crippen LogP contribution in [0.4, 0.5) is 4.79 Å². The van der Waals surface area contributed by atoms with Crippen LogP contribution in [-0.2, 0) is 14.3 Å². The topological polar surface area (TPSA) is 95.1 Å². The molecule has 2 rings (SSSR count). The number of amides is 2. The molecule has 1 aliphatic rings. The highest BCUT2D eigenvalue weighted by molar-refractivity contribution is 5.95. The average molecular weight is 376 g/mol. The quantitative estimate of drug-likeness (QED) is 0.389. The van der Waals surface area contributed by atoms with Gasteiger partial charge >= 0.3 is 12.0 Å². The van der Waals surface area contributed by atoms with Crippen molar-refractivity contribution >= 4 is 12.0 Å². The van der Waals surface area contributed by atoms with Crippen molar-refractivity contribution in [3.63, 3.8) is 0 Å². The molecular formula is C19H24N2O6. The molecule has 2 N–H and O–H groups in total. The van der Waals surface area contributed by atoms with Gasteiger partial charge in [-0.25, -0.2) is 9.59 Å². The molecule has 1 heterocycles. The van der Waals surface area contributed by atoms with Crippen molar-refractivity contribution in [3.8, 4) is 11.5 Å². The molecule has 8 heteroatoms. The Morgan fingerprint density at radius 1 is 1.26 bits per heavy atom. The number of ether oxygens (including phenoxy) is 4. The third-order valence-corrected chi connectivity index (χ3v) is 3.89. The van der Waals surface area contributed by atoms with Gasteiger partial charge in [0.2, 0.25) is 0 Å². The molecule has 1 aliphatic heterocycles. The molecule has 0 spiro atoms. The fourth-order valence-corrected chi connectivity index (χ4v) is 2.64. The van der Waals surface area contributed by atoms with E-state index in [0.717, 1.165) is 0 Å². The van der Waals surface area contributed by atoms with E-state index >= 15 is 0 Å². The molecule has 0 bridgehead atoms. The Labute approximate surface area is 158 Å². The molecule has 0 aromatic heterocycles. The maximum atomic E-state index is 12.5. The van der Waals surface area contributed by atoms with Crippen molar-refractivity contribution in [2.75, 3.05) is 34.0 Å². The highest BCUT2D eigenvalue weighted by atomic mass is 16.6. The van der Waals surface area contributed by atoms with Crippen molar-refractivity contribution in [1.82, 2.24) is 10.6 Å². The summed E-state index contributed by atoms with van der Waals surface area (Å²) in [6.07, 6.45) is 1.63. The van der Waals surface area contributed by atoms with Gasteiger partial charge in [0.25, 0.3) is 0 Å². The molecular weight excluding hydrogens is 352 g/mol. The van der Waals surface area contributed by atoms with Crippen LogP contribution >= 0.6 is 0 Å². The van der Waals surface area contributed by atoms with Gasteiger partial charge < -0.3 is 29.6 Å². The Morgan fingerprint density at radius 3 is 2.70 bits per heavy atom. The van der Waals surface area contributed by atoms with E-state index < -0.39 is 18.0 Å². The summed E-state index contributed by atoms with van der Waals surface area (Å²) in [5.74, 6) is 0.478. The fraction of sp³-hybridized carbons (Fsp3) is 0.368. The molecule has 0 radical (unpaired) electrons. The van der Waals surface area contributed by atoms with Gasteiger partial charge in [-0.2, -0.15) is 0 Å². The van der Waals surface area contributed by atoms with Crippen LogP contribution in [0.25, 0.3) is 0 Å². The Bertz CT molecular complexity index is 744. The van der Waals surface area contributed by atoms with Crippen molar-refractivity contribution in [3.05, 3.63) is 47.7 Å². The minimum Gasteiger partial charge on any atom is -0.493 e. The molecule has 0 aliphatic carbocycles. The smallest absolute Gasteiger partial charge is 0.338 e. The van der Waals surface area contributed by atoms with E-state index in [1.165, 1.54) is 14.2 Å². The van der Waals surface area contributed by atoms with Crippen LogP contribution < -0.4 is 20.1 Å². The maximum absolute atomic E-state index is 12.5. The SMILES string of the molecule is C=CCOc1ccc([C@@H]2NC(=O)NC(C)=C2C(=O)OCCOC)cc1OC. The molecule has 0 unspecified atom stereocenters. The van der Waals surface area contributed by atoms with Crippen LogP contribution in [0, 0.1) is 0 Å². The highest BCUT2D eigenvalue weighted by Crippen LogP contribution is 2.34. The van der Waals surface area contributed by atoms with E-state index in [0.29, 0.717) is 34.9 Å². The first-order chi connectivity index (χ1) is 13.0. The van der Waals surface area contributed by atoms with Gasteiger partial charge in [0, 0.05) is 12.8 Å². The Balaban J connectivity index is 2.34. The molecule has 1 aromatic rings. The van der Waals surface area contributed by atoms with Crippen LogP contribution in [0.5, 0.6) is 11.5 Å². The second-order valence-electron chi connectivity index (χ2n) is 5.71. The minimum atomic E-state index is -0.684. The third-order valence-electron chi connectivity index (χ3n) is 3.89. The molecule has 1 aromatic carbocycles. The minimum absolute atomic E-state index is 0.116. The van der Waals surface area contributed by atoms with Gasteiger partial charge in [-0.1, -0.05) is 18.7 Å². The fourth-order valence-electron chi connectivity index (χ4n) is 2.64. The molecule has 8 nitrogen and oxygen atoms in total. The van der Waals surface area contributed by atoms with E-state index in [1.54, 1.807) is 31.2 Å². The maximum Gasteiger partial charge on any atom is 0.338 e. The number of esters is 1. The summed E-state index contributed by atoms with van der Waals surface area (Å²) < 4.78 is 21.0. The van der Waals surface area contributed by atoms with E-state index in [4.69, 9.17) is 18.9 Å². The normalized spacial score (nSPS) is 16.3. The first-order valence-corrected chi connectivity index (χ1v) is 8.37. The number of carbonyl (C=O) groups excluding carboxylic acids is 2. The number of benzene rings is 1. The van der Waals surface area contributed by atoms with Crippen LogP contribution in [0.2, 0.25) is 0 Å². The molecule has 0 saturated carbocycles. The lowest BCUT2D eigenvalue weighted by molar-refractivity contribution is -0.140. The lowest BCUT2D eigenvalue weighted by Crippen LogP contribution is -2.45. The summed E-state index contributed by atoms with van der Waals surface area (Å²) in [6.45, 7) is 5.99. The Hall–Kier alpha value is -3.00. The zero-order valence-electron chi connectivity index (χ0n) is 15.7. The highest BCUT2D eigenvalue weighted by Gasteiger charge is 2.32. The van der Waals surface area contributed by atoms with Gasteiger partial charge in [0.1, 0.15) is 13.2 Å². The number of hydrogen-bond donors (Lipinski definition) is 2. The number of urea groups is 1. The van der Waals surface area contributed by atoms with Crippen LogP contribution in [0.15, 0.2) is 42.1 Å². The first kappa shape index (κ1) is 20.3. The van der Waals surface area contributed by atoms with Gasteiger partial charge in [-0.3, -0.25) is 0 Å². The molecule has 146 valence electrons. The lowest BCUT2D eigenvalue weighted by atomic mass is 9.95. The summed E-state index contributed by atoms with van der Waals surface area (Å²) >= 11 is 0.